The molecule has 0 fully saturated rings. The van der Waals surface area contributed by atoms with Crippen molar-refractivity contribution in [1.29, 1.82) is 0 Å². The van der Waals surface area contributed by atoms with Crippen molar-refractivity contribution in [2.45, 2.75) is 31.7 Å². The van der Waals surface area contributed by atoms with Gasteiger partial charge in [0.2, 0.25) is 0 Å². The van der Waals surface area contributed by atoms with E-state index in [1.54, 1.807) is 11.3 Å². The van der Waals surface area contributed by atoms with Gasteiger partial charge >= 0.3 is 0 Å². The third kappa shape index (κ3) is 3.44. The third-order valence-electron chi connectivity index (χ3n) is 3.69. The van der Waals surface area contributed by atoms with Crippen LogP contribution in [0.15, 0.2) is 33.6 Å². The second-order valence-electron chi connectivity index (χ2n) is 5.04. The number of aromatic nitrogens is 1. The summed E-state index contributed by atoms with van der Waals surface area (Å²) >= 11 is 5.22. The number of thiazole rings is 1. The molecule has 0 aliphatic heterocycles. The van der Waals surface area contributed by atoms with Crippen molar-refractivity contribution >= 4 is 27.3 Å². The van der Waals surface area contributed by atoms with Gasteiger partial charge in [-0.2, -0.15) is 0 Å². The van der Waals surface area contributed by atoms with E-state index in [0.29, 0.717) is 6.04 Å². The molecule has 19 heavy (non-hydrogen) atoms. The van der Waals surface area contributed by atoms with Gasteiger partial charge in [-0.05, 0) is 42.5 Å². The quantitative estimate of drug-likeness (QED) is 0.922. The lowest BCUT2D eigenvalue weighted by Gasteiger charge is -2.25. The highest BCUT2D eigenvalue weighted by Crippen LogP contribution is 2.24. The van der Waals surface area contributed by atoms with Crippen molar-refractivity contribution in [2.75, 3.05) is 6.54 Å². The van der Waals surface area contributed by atoms with Gasteiger partial charge in [0.05, 0.1) is 11.2 Å². The molecule has 1 atom stereocenters. The van der Waals surface area contributed by atoms with E-state index >= 15 is 0 Å². The Morgan fingerprint density at radius 1 is 1.37 bits per heavy atom. The van der Waals surface area contributed by atoms with Crippen LogP contribution in [0.4, 0.5) is 0 Å². The summed E-state index contributed by atoms with van der Waals surface area (Å²) in [4.78, 5) is 4.32. The minimum atomic E-state index is 0.618. The molecule has 2 nitrogen and oxygen atoms in total. The van der Waals surface area contributed by atoms with Crippen LogP contribution >= 0.6 is 27.3 Å². The second-order valence-corrected chi connectivity index (χ2v) is 6.67. The average molecular weight is 337 g/mol. The van der Waals surface area contributed by atoms with Gasteiger partial charge in [0.25, 0.3) is 0 Å². The first-order chi connectivity index (χ1) is 9.31. The molecule has 3 rings (SSSR count). The number of hydrogen-bond donors (Lipinski definition) is 1. The van der Waals surface area contributed by atoms with Crippen LogP contribution in [0.5, 0.6) is 0 Å². The van der Waals surface area contributed by atoms with E-state index in [1.807, 2.05) is 5.51 Å². The van der Waals surface area contributed by atoms with E-state index in [0.717, 1.165) is 19.4 Å². The molecule has 1 unspecified atom stereocenters. The Morgan fingerprint density at radius 2 is 2.32 bits per heavy atom. The van der Waals surface area contributed by atoms with Crippen LogP contribution in [0.25, 0.3) is 0 Å². The molecule has 1 aromatic carbocycles. The number of hydrogen-bond acceptors (Lipinski definition) is 3. The molecule has 2 aromatic rings. The first kappa shape index (κ1) is 13.3. The van der Waals surface area contributed by atoms with Gasteiger partial charge in [-0.3, -0.25) is 0 Å². The Labute approximate surface area is 126 Å². The van der Waals surface area contributed by atoms with Gasteiger partial charge in [0.1, 0.15) is 0 Å². The van der Waals surface area contributed by atoms with Gasteiger partial charge in [-0.1, -0.05) is 22.0 Å². The number of nitrogens with zero attached hydrogens (tertiary/aromatic N) is 1. The molecule has 1 aromatic heterocycles. The molecule has 1 aliphatic rings. The summed E-state index contributed by atoms with van der Waals surface area (Å²) in [5, 5.41) is 5.80. The normalized spacial score (nSPS) is 18.3. The largest absolute Gasteiger partial charge is 0.313 e. The number of benzene rings is 1. The summed E-state index contributed by atoms with van der Waals surface area (Å²) in [6, 6.07) is 7.29. The van der Waals surface area contributed by atoms with E-state index in [9.17, 15) is 0 Å². The molecule has 0 saturated carbocycles. The van der Waals surface area contributed by atoms with Crippen LogP contribution < -0.4 is 5.32 Å². The molecule has 0 saturated heterocycles. The minimum Gasteiger partial charge on any atom is -0.313 e. The van der Waals surface area contributed by atoms with E-state index in [-0.39, 0.29) is 0 Å². The van der Waals surface area contributed by atoms with Crippen LogP contribution in [0.1, 0.15) is 23.2 Å². The number of nitrogens with one attached hydrogen (secondary N) is 1. The zero-order chi connectivity index (χ0) is 13.1. The summed E-state index contributed by atoms with van der Waals surface area (Å²) in [5.74, 6) is 0. The third-order valence-corrected chi connectivity index (χ3v) is 4.82. The highest BCUT2D eigenvalue weighted by molar-refractivity contribution is 9.10. The van der Waals surface area contributed by atoms with Crippen molar-refractivity contribution in [2.24, 2.45) is 0 Å². The Morgan fingerprint density at radius 3 is 3.16 bits per heavy atom. The van der Waals surface area contributed by atoms with Crippen molar-refractivity contribution in [1.82, 2.24) is 10.3 Å². The van der Waals surface area contributed by atoms with Crippen LogP contribution in [0.3, 0.4) is 0 Å². The topological polar surface area (TPSA) is 24.9 Å². The SMILES string of the molecule is Brc1ccc2c(c1)CCC(NCCc1cscn1)C2. The fraction of sp³-hybridized carbons (Fsp3) is 0.400. The number of rotatable bonds is 4. The molecule has 100 valence electrons. The Balaban J connectivity index is 1.53. The lowest BCUT2D eigenvalue weighted by molar-refractivity contribution is 0.460. The van der Waals surface area contributed by atoms with Crippen molar-refractivity contribution < 1.29 is 0 Å². The summed E-state index contributed by atoms with van der Waals surface area (Å²) in [5.41, 5.74) is 6.12. The smallest absolute Gasteiger partial charge is 0.0794 e. The van der Waals surface area contributed by atoms with E-state index < -0.39 is 0 Å². The second kappa shape index (κ2) is 6.16. The monoisotopic (exact) mass is 336 g/mol. The van der Waals surface area contributed by atoms with Crippen molar-refractivity contribution in [3.63, 3.8) is 0 Å². The molecule has 0 radical (unpaired) electrons. The zero-order valence-corrected chi connectivity index (χ0v) is 13.1. The lowest BCUT2D eigenvalue weighted by atomic mass is 9.88. The summed E-state index contributed by atoms with van der Waals surface area (Å²) in [6.07, 6.45) is 4.61. The van der Waals surface area contributed by atoms with Gasteiger partial charge in [0.15, 0.2) is 0 Å². The van der Waals surface area contributed by atoms with Crippen LogP contribution in [-0.2, 0) is 19.3 Å². The molecule has 0 spiro atoms. The molecule has 4 heteroatoms. The highest BCUT2D eigenvalue weighted by atomic mass is 79.9. The minimum absolute atomic E-state index is 0.618. The first-order valence-corrected chi connectivity index (χ1v) is 8.42. The standard InChI is InChI=1S/C15H17BrN2S/c16-13-3-1-12-8-14(4-2-11(12)7-13)17-6-5-15-9-19-10-18-15/h1,3,7,9-10,14,17H,2,4-6,8H2. The number of fused-ring (bicyclic) bond motifs is 1. The summed E-state index contributed by atoms with van der Waals surface area (Å²) in [7, 11) is 0. The van der Waals surface area contributed by atoms with Gasteiger partial charge in [-0.25, -0.2) is 4.98 Å². The van der Waals surface area contributed by atoms with Gasteiger partial charge in [0, 0.05) is 28.9 Å². The van der Waals surface area contributed by atoms with E-state index in [2.05, 4.69) is 49.8 Å². The van der Waals surface area contributed by atoms with Crippen LogP contribution in [-0.4, -0.2) is 17.6 Å². The van der Waals surface area contributed by atoms with Gasteiger partial charge < -0.3 is 5.32 Å². The van der Waals surface area contributed by atoms with E-state index in [1.165, 1.54) is 34.1 Å². The maximum atomic E-state index is 4.32. The molecule has 1 N–H and O–H groups in total. The lowest BCUT2D eigenvalue weighted by Crippen LogP contribution is -2.35. The average Bonchev–Trinajstić information content (AvgIpc) is 2.92. The Hall–Kier alpha value is -0.710. The van der Waals surface area contributed by atoms with Crippen LogP contribution in [0, 0.1) is 0 Å². The zero-order valence-electron chi connectivity index (χ0n) is 10.7. The Bertz CT molecular complexity index is 539. The molecular formula is C15H17BrN2S. The Kier molecular flexibility index (Phi) is 4.31. The molecule has 0 bridgehead atoms. The molecule has 0 amide bonds. The maximum Gasteiger partial charge on any atom is 0.0794 e. The molecular weight excluding hydrogens is 320 g/mol. The predicted molar refractivity (Wildman–Crippen MR) is 83.8 cm³/mol. The number of aryl methyl sites for hydroxylation is 1. The van der Waals surface area contributed by atoms with Crippen molar-refractivity contribution in [3.05, 3.63) is 50.4 Å². The van der Waals surface area contributed by atoms with E-state index in [4.69, 9.17) is 0 Å². The fourth-order valence-corrected chi connectivity index (χ4v) is 3.66. The summed E-state index contributed by atoms with van der Waals surface area (Å²) in [6.45, 7) is 1.03. The predicted octanol–water partition coefficient (Wildman–Crippen LogP) is 3.60. The number of halogens is 1. The van der Waals surface area contributed by atoms with Crippen LogP contribution in [0.2, 0.25) is 0 Å². The fourth-order valence-electron chi connectivity index (χ4n) is 2.66. The summed E-state index contributed by atoms with van der Waals surface area (Å²) < 4.78 is 1.20. The molecule has 1 aliphatic carbocycles. The maximum absolute atomic E-state index is 4.32. The highest BCUT2D eigenvalue weighted by Gasteiger charge is 2.17. The van der Waals surface area contributed by atoms with Crippen molar-refractivity contribution in [3.8, 4) is 0 Å². The first-order valence-electron chi connectivity index (χ1n) is 6.69. The molecule has 1 heterocycles. The van der Waals surface area contributed by atoms with Gasteiger partial charge in [-0.15, -0.1) is 11.3 Å².